The van der Waals surface area contributed by atoms with Crippen LogP contribution in [0.5, 0.6) is 0 Å². The van der Waals surface area contributed by atoms with Crippen LogP contribution in [-0.2, 0) is 6.42 Å². The van der Waals surface area contributed by atoms with Crippen LogP contribution in [0, 0.1) is 0 Å². The third-order valence-electron chi connectivity index (χ3n) is 3.59. The molecule has 90 valence electrons. The Bertz CT molecular complexity index is 590. The first-order valence-electron chi connectivity index (χ1n) is 6.23. The van der Waals surface area contributed by atoms with E-state index in [4.69, 9.17) is 0 Å². The topological polar surface area (TPSA) is 49.8 Å². The molecule has 0 aliphatic carbocycles. The number of hydrogen-bond acceptors (Lipinski definition) is 2. The van der Waals surface area contributed by atoms with Gasteiger partial charge in [0.25, 0.3) is 0 Å². The summed E-state index contributed by atoms with van der Waals surface area (Å²) in [5.41, 5.74) is 3.28. The van der Waals surface area contributed by atoms with Gasteiger partial charge in [-0.1, -0.05) is 13.0 Å². The highest BCUT2D eigenvalue weighted by molar-refractivity contribution is 5.76. The number of fused-ring (bicyclic) bond motifs is 1. The molecule has 1 unspecified atom stereocenters. The molecule has 1 aromatic heterocycles. The fourth-order valence-corrected chi connectivity index (χ4v) is 2.61. The number of hydrogen-bond donors (Lipinski definition) is 2. The number of aryl methyl sites for hydroxylation is 1. The summed E-state index contributed by atoms with van der Waals surface area (Å²) in [6.45, 7) is 4.02. The Hall–Kier alpha value is -1.55. The van der Waals surface area contributed by atoms with Crippen molar-refractivity contribution in [3.05, 3.63) is 34.2 Å². The van der Waals surface area contributed by atoms with Crippen LogP contribution >= 0.6 is 0 Å². The molecule has 1 saturated heterocycles. The van der Waals surface area contributed by atoms with E-state index in [2.05, 4.69) is 29.4 Å². The van der Waals surface area contributed by atoms with Gasteiger partial charge in [0.1, 0.15) is 0 Å². The van der Waals surface area contributed by atoms with E-state index in [1.165, 1.54) is 5.56 Å². The highest BCUT2D eigenvalue weighted by Crippen LogP contribution is 2.20. The van der Waals surface area contributed by atoms with E-state index < -0.39 is 0 Å². The van der Waals surface area contributed by atoms with Crippen LogP contribution in [0.25, 0.3) is 11.0 Å². The van der Waals surface area contributed by atoms with Crippen LogP contribution in [-0.4, -0.2) is 22.6 Å². The minimum absolute atomic E-state index is 0.0157. The minimum atomic E-state index is 0.0157. The molecule has 17 heavy (non-hydrogen) atoms. The molecule has 1 aliphatic heterocycles. The Morgan fingerprint density at radius 3 is 3.06 bits per heavy atom. The van der Waals surface area contributed by atoms with Gasteiger partial charge in [0.15, 0.2) is 0 Å². The summed E-state index contributed by atoms with van der Waals surface area (Å²) < 4.78 is 1.91. The van der Waals surface area contributed by atoms with E-state index in [0.717, 1.165) is 37.0 Å². The lowest BCUT2D eigenvalue weighted by atomic mass is 10.1. The van der Waals surface area contributed by atoms with Crippen molar-refractivity contribution in [1.82, 2.24) is 14.9 Å². The van der Waals surface area contributed by atoms with E-state index in [-0.39, 0.29) is 5.69 Å². The van der Waals surface area contributed by atoms with Crippen molar-refractivity contribution < 1.29 is 0 Å². The van der Waals surface area contributed by atoms with Crippen molar-refractivity contribution in [1.29, 1.82) is 0 Å². The van der Waals surface area contributed by atoms with Crippen LogP contribution in [0.1, 0.15) is 24.9 Å². The number of aromatic amines is 1. The molecule has 0 spiro atoms. The zero-order chi connectivity index (χ0) is 11.8. The first-order chi connectivity index (χ1) is 8.29. The smallest absolute Gasteiger partial charge is 0.315 e. The number of H-pyrrole nitrogens is 1. The van der Waals surface area contributed by atoms with Gasteiger partial charge in [0.05, 0.1) is 17.1 Å². The van der Waals surface area contributed by atoms with Gasteiger partial charge >= 0.3 is 5.69 Å². The Kier molecular flexibility index (Phi) is 2.52. The average Bonchev–Trinajstić information content (AvgIpc) is 2.93. The first-order valence-corrected chi connectivity index (χ1v) is 6.23. The predicted octanol–water partition coefficient (Wildman–Crippen LogP) is 1.43. The van der Waals surface area contributed by atoms with E-state index in [1.807, 2.05) is 10.6 Å². The van der Waals surface area contributed by atoms with Crippen molar-refractivity contribution in [3.63, 3.8) is 0 Å². The molecule has 2 N–H and O–H groups in total. The predicted molar refractivity (Wildman–Crippen MR) is 68.5 cm³/mol. The Labute approximate surface area is 99.6 Å². The molecule has 1 atom stereocenters. The lowest BCUT2D eigenvalue weighted by molar-refractivity contribution is 0.545. The number of rotatable bonds is 2. The molecule has 0 amide bonds. The molecule has 3 rings (SSSR count). The zero-order valence-corrected chi connectivity index (χ0v) is 9.99. The van der Waals surface area contributed by atoms with Crippen LogP contribution in [0.3, 0.4) is 0 Å². The number of imidazole rings is 1. The maximum atomic E-state index is 12.0. The second-order valence-electron chi connectivity index (χ2n) is 4.65. The van der Waals surface area contributed by atoms with Gasteiger partial charge in [-0.05, 0) is 37.1 Å². The third kappa shape index (κ3) is 1.69. The summed E-state index contributed by atoms with van der Waals surface area (Å²) in [5, 5.41) is 3.31. The molecule has 1 fully saturated rings. The molecule has 2 aromatic rings. The first kappa shape index (κ1) is 10.6. The summed E-state index contributed by atoms with van der Waals surface area (Å²) in [7, 11) is 0. The van der Waals surface area contributed by atoms with Gasteiger partial charge in [-0.15, -0.1) is 0 Å². The van der Waals surface area contributed by atoms with E-state index in [9.17, 15) is 4.79 Å². The SMILES string of the molecule is CCc1ccc2[nH]c(=O)n(C3CCNC3)c2c1. The van der Waals surface area contributed by atoms with Gasteiger partial charge in [-0.3, -0.25) is 4.57 Å². The lowest BCUT2D eigenvalue weighted by Crippen LogP contribution is -2.23. The number of nitrogens with zero attached hydrogens (tertiary/aromatic N) is 1. The standard InChI is InChI=1S/C13H17N3O/c1-2-9-3-4-11-12(7-9)16(13(17)15-11)10-5-6-14-8-10/h3-4,7,10,14H,2,5-6,8H2,1H3,(H,15,17). The van der Waals surface area contributed by atoms with Crippen molar-refractivity contribution in [2.75, 3.05) is 13.1 Å². The minimum Gasteiger partial charge on any atom is -0.315 e. The molecule has 1 aliphatic rings. The van der Waals surface area contributed by atoms with E-state index >= 15 is 0 Å². The second-order valence-corrected chi connectivity index (χ2v) is 4.65. The second kappa shape index (κ2) is 4.04. The highest BCUT2D eigenvalue weighted by Gasteiger charge is 2.20. The summed E-state index contributed by atoms with van der Waals surface area (Å²) in [6, 6.07) is 6.51. The largest absolute Gasteiger partial charge is 0.326 e. The molecule has 4 nitrogen and oxygen atoms in total. The van der Waals surface area contributed by atoms with Gasteiger partial charge in [0, 0.05) is 6.54 Å². The molecule has 0 bridgehead atoms. The lowest BCUT2D eigenvalue weighted by Gasteiger charge is -2.10. The zero-order valence-electron chi connectivity index (χ0n) is 9.99. The molecule has 0 saturated carbocycles. The highest BCUT2D eigenvalue weighted by atomic mass is 16.1. The normalized spacial score (nSPS) is 20.2. The molecular weight excluding hydrogens is 214 g/mol. The quantitative estimate of drug-likeness (QED) is 0.821. The van der Waals surface area contributed by atoms with E-state index in [0.29, 0.717) is 6.04 Å². The van der Waals surface area contributed by atoms with Gasteiger partial charge in [-0.2, -0.15) is 0 Å². The molecular formula is C13H17N3O. The van der Waals surface area contributed by atoms with Gasteiger partial charge < -0.3 is 10.3 Å². The number of benzene rings is 1. The molecule has 4 heteroatoms. The van der Waals surface area contributed by atoms with Crippen molar-refractivity contribution in [3.8, 4) is 0 Å². The fourth-order valence-electron chi connectivity index (χ4n) is 2.61. The summed E-state index contributed by atoms with van der Waals surface area (Å²) in [6.07, 6.45) is 2.03. The molecule has 2 heterocycles. The van der Waals surface area contributed by atoms with Crippen molar-refractivity contribution >= 4 is 11.0 Å². The molecule has 0 radical (unpaired) electrons. The third-order valence-corrected chi connectivity index (χ3v) is 3.59. The number of aromatic nitrogens is 2. The Morgan fingerprint density at radius 2 is 2.35 bits per heavy atom. The Morgan fingerprint density at radius 1 is 1.47 bits per heavy atom. The van der Waals surface area contributed by atoms with Crippen molar-refractivity contribution in [2.45, 2.75) is 25.8 Å². The van der Waals surface area contributed by atoms with Gasteiger partial charge in [0.2, 0.25) is 0 Å². The summed E-state index contributed by atoms with van der Waals surface area (Å²) in [5.74, 6) is 0. The number of nitrogens with one attached hydrogen (secondary N) is 2. The van der Waals surface area contributed by atoms with Gasteiger partial charge in [-0.25, -0.2) is 4.79 Å². The maximum Gasteiger partial charge on any atom is 0.326 e. The van der Waals surface area contributed by atoms with Crippen LogP contribution < -0.4 is 11.0 Å². The van der Waals surface area contributed by atoms with Crippen LogP contribution in [0.2, 0.25) is 0 Å². The van der Waals surface area contributed by atoms with Crippen LogP contribution in [0.4, 0.5) is 0 Å². The fraction of sp³-hybridized carbons (Fsp3) is 0.462. The van der Waals surface area contributed by atoms with Crippen LogP contribution in [0.15, 0.2) is 23.0 Å². The van der Waals surface area contributed by atoms with Crippen molar-refractivity contribution in [2.24, 2.45) is 0 Å². The monoisotopic (exact) mass is 231 g/mol. The summed E-state index contributed by atoms with van der Waals surface area (Å²) in [4.78, 5) is 14.9. The Balaban J connectivity index is 2.20. The average molecular weight is 231 g/mol. The summed E-state index contributed by atoms with van der Waals surface area (Å²) >= 11 is 0. The van der Waals surface area contributed by atoms with E-state index in [1.54, 1.807) is 0 Å². The maximum absolute atomic E-state index is 12.0. The molecule has 1 aromatic carbocycles.